The maximum absolute atomic E-state index is 10.6. The van der Waals surface area contributed by atoms with Crippen molar-refractivity contribution >= 4 is 32.3 Å². The summed E-state index contributed by atoms with van der Waals surface area (Å²) in [6.07, 6.45) is 1.38. The maximum atomic E-state index is 10.6. The number of halogens is 2. The van der Waals surface area contributed by atoms with E-state index in [1.165, 1.54) is 12.3 Å². The second kappa shape index (κ2) is 3.32. The summed E-state index contributed by atoms with van der Waals surface area (Å²) in [5.41, 5.74) is 0. The minimum atomic E-state index is -1.49. The van der Waals surface area contributed by atoms with Gasteiger partial charge in [0, 0.05) is 6.20 Å². The molecule has 0 aliphatic rings. The molecule has 0 aliphatic heterocycles. The molecule has 1 aromatic rings. The topological polar surface area (TPSA) is 30.0 Å². The molecule has 0 saturated heterocycles. The van der Waals surface area contributed by atoms with E-state index in [4.69, 9.17) is 22.3 Å². The summed E-state index contributed by atoms with van der Waals surface area (Å²) in [6, 6.07) is 3.11. The van der Waals surface area contributed by atoms with E-state index in [1.807, 2.05) is 0 Å². The van der Waals surface area contributed by atoms with Crippen LogP contribution in [0.4, 0.5) is 0 Å². The molecule has 1 unspecified atom stereocenters. The van der Waals surface area contributed by atoms with Crippen LogP contribution in [0.2, 0.25) is 5.15 Å². The molecule has 0 amide bonds. The van der Waals surface area contributed by atoms with Gasteiger partial charge in [-0.15, -0.1) is 0 Å². The smallest absolute Gasteiger partial charge is 0.149 e. The van der Waals surface area contributed by atoms with Crippen LogP contribution in [0.25, 0.3) is 0 Å². The van der Waals surface area contributed by atoms with Gasteiger partial charge in [-0.3, -0.25) is 0 Å². The van der Waals surface area contributed by atoms with E-state index in [0.717, 1.165) is 0 Å². The highest BCUT2D eigenvalue weighted by molar-refractivity contribution is 8.08. The van der Waals surface area contributed by atoms with Crippen LogP contribution in [0.15, 0.2) is 23.2 Å². The lowest BCUT2D eigenvalue weighted by molar-refractivity contribution is 0.691. The van der Waals surface area contributed by atoms with Crippen molar-refractivity contribution in [3.8, 4) is 0 Å². The molecule has 5 heteroatoms. The van der Waals surface area contributed by atoms with Gasteiger partial charge in [-0.25, -0.2) is 9.19 Å². The summed E-state index contributed by atoms with van der Waals surface area (Å²) < 4.78 is 10.6. The Morgan fingerprint density at radius 2 is 2.20 bits per heavy atom. The van der Waals surface area contributed by atoms with Crippen molar-refractivity contribution in [1.82, 2.24) is 4.98 Å². The van der Waals surface area contributed by atoms with Gasteiger partial charge in [0.2, 0.25) is 0 Å². The van der Waals surface area contributed by atoms with Crippen LogP contribution in [-0.4, -0.2) is 9.19 Å². The first-order chi connectivity index (χ1) is 4.70. The number of nitrogens with zero attached hydrogens (tertiary/aromatic N) is 1. The largest absolute Gasteiger partial charge is 0.243 e. The molecule has 0 aliphatic carbocycles. The Labute approximate surface area is 70.1 Å². The molecule has 2 nitrogen and oxygen atoms in total. The van der Waals surface area contributed by atoms with Crippen LogP contribution in [0.1, 0.15) is 0 Å². The molecule has 1 rings (SSSR count). The molecular formula is C5H3Cl2NOS. The quantitative estimate of drug-likeness (QED) is 0.507. The van der Waals surface area contributed by atoms with E-state index >= 15 is 0 Å². The normalized spacial score (nSPS) is 13.0. The fourth-order valence-corrected chi connectivity index (χ4v) is 1.15. The molecule has 1 aromatic heterocycles. The summed E-state index contributed by atoms with van der Waals surface area (Å²) >= 11 is 5.46. The van der Waals surface area contributed by atoms with Gasteiger partial charge in [0.25, 0.3) is 0 Å². The SMILES string of the molecule is O=S(Cl)c1ccc(Cl)nc1. The van der Waals surface area contributed by atoms with Crippen molar-refractivity contribution in [1.29, 1.82) is 0 Å². The molecule has 1 atom stereocenters. The number of hydrogen-bond donors (Lipinski definition) is 0. The van der Waals surface area contributed by atoms with Crippen LogP contribution < -0.4 is 0 Å². The molecule has 1 heterocycles. The molecule has 54 valence electrons. The summed E-state index contributed by atoms with van der Waals surface area (Å²) in [7, 11) is 3.76. The molecule has 0 spiro atoms. The summed E-state index contributed by atoms with van der Waals surface area (Å²) in [6.45, 7) is 0. The molecule has 0 N–H and O–H groups in total. The highest BCUT2D eigenvalue weighted by atomic mass is 35.7. The Bertz CT molecular complexity index is 248. The Morgan fingerprint density at radius 1 is 1.50 bits per heavy atom. The zero-order chi connectivity index (χ0) is 7.56. The van der Waals surface area contributed by atoms with Gasteiger partial charge in [0.15, 0.2) is 0 Å². The number of hydrogen-bond acceptors (Lipinski definition) is 2. The summed E-state index contributed by atoms with van der Waals surface area (Å²) in [4.78, 5) is 4.15. The van der Waals surface area contributed by atoms with E-state index in [0.29, 0.717) is 10.0 Å². The van der Waals surface area contributed by atoms with Gasteiger partial charge >= 0.3 is 0 Å². The van der Waals surface area contributed by atoms with Gasteiger partial charge in [-0.1, -0.05) is 11.6 Å². The van der Waals surface area contributed by atoms with Crippen LogP contribution in [0, 0.1) is 0 Å². The highest BCUT2D eigenvalue weighted by Gasteiger charge is 1.97. The Kier molecular flexibility index (Phi) is 2.65. The van der Waals surface area contributed by atoms with E-state index in [9.17, 15) is 4.21 Å². The number of aromatic nitrogens is 1. The first-order valence-electron chi connectivity index (χ1n) is 2.40. The van der Waals surface area contributed by atoms with Gasteiger partial charge in [-0.2, -0.15) is 0 Å². The Morgan fingerprint density at radius 3 is 2.60 bits per heavy atom. The first-order valence-corrected chi connectivity index (χ1v) is 4.75. The molecule has 0 aromatic carbocycles. The average Bonchev–Trinajstić information content (AvgIpc) is 1.88. The van der Waals surface area contributed by atoms with E-state index in [-0.39, 0.29) is 0 Å². The predicted octanol–water partition coefficient (Wildman–Crippen LogP) is 2.00. The molecule has 0 saturated carbocycles. The van der Waals surface area contributed by atoms with Gasteiger partial charge < -0.3 is 0 Å². The van der Waals surface area contributed by atoms with Crippen LogP contribution in [0.3, 0.4) is 0 Å². The fraction of sp³-hybridized carbons (Fsp3) is 0. The van der Waals surface area contributed by atoms with E-state index < -0.39 is 10.0 Å². The number of rotatable bonds is 1. The Hall–Kier alpha value is -0.120. The third-order valence-corrected chi connectivity index (χ3v) is 2.26. The fourth-order valence-electron chi connectivity index (χ4n) is 0.457. The minimum Gasteiger partial charge on any atom is -0.243 e. The van der Waals surface area contributed by atoms with Crippen molar-refractivity contribution in [3.05, 3.63) is 23.5 Å². The average molecular weight is 196 g/mol. The zero-order valence-corrected chi connectivity index (χ0v) is 7.08. The predicted molar refractivity (Wildman–Crippen MR) is 41.5 cm³/mol. The van der Waals surface area contributed by atoms with Gasteiger partial charge in [0.1, 0.15) is 15.2 Å². The maximum Gasteiger partial charge on any atom is 0.149 e. The second-order valence-electron chi connectivity index (χ2n) is 1.54. The highest BCUT2D eigenvalue weighted by Crippen LogP contribution is 2.10. The van der Waals surface area contributed by atoms with Crippen molar-refractivity contribution in [2.45, 2.75) is 4.90 Å². The third-order valence-electron chi connectivity index (χ3n) is 0.886. The monoisotopic (exact) mass is 195 g/mol. The molecular weight excluding hydrogens is 193 g/mol. The van der Waals surface area contributed by atoms with E-state index in [2.05, 4.69) is 4.98 Å². The summed E-state index contributed by atoms with van der Waals surface area (Å²) in [5.74, 6) is 0. The first kappa shape index (κ1) is 7.98. The van der Waals surface area contributed by atoms with Crippen molar-refractivity contribution < 1.29 is 4.21 Å². The molecule has 0 radical (unpaired) electrons. The number of pyridine rings is 1. The molecule has 0 bridgehead atoms. The standard InChI is InChI=1S/C5H3Cl2NOS/c6-5-2-1-4(3-8-5)10(7)9/h1-3H. The Balaban J connectivity index is 3.00. The van der Waals surface area contributed by atoms with Gasteiger partial charge in [-0.05, 0) is 22.8 Å². The van der Waals surface area contributed by atoms with Gasteiger partial charge in [0.05, 0.1) is 4.90 Å². The van der Waals surface area contributed by atoms with Crippen molar-refractivity contribution in [2.24, 2.45) is 0 Å². The van der Waals surface area contributed by atoms with Crippen LogP contribution in [-0.2, 0) is 10.0 Å². The van der Waals surface area contributed by atoms with Crippen molar-refractivity contribution in [3.63, 3.8) is 0 Å². The van der Waals surface area contributed by atoms with Crippen LogP contribution in [0.5, 0.6) is 0 Å². The third kappa shape index (κ3) is 1.94. The minimum absolute atomic E-state index is 0.367. The lowest BCUT2D eigenvalue weighted by Crippen LogP contribution is -1.82. The summed E-state index contributed by atoms with van der Waals surface area (Å²) in [5, 5.41) is 0.367. The molecule has 0 fully saturated rings. The van der Waals surface area contributed by atoms with Crippen molar-refractivity contribution in [2.75, 3.05) is 0 Å². The molecule has 10 heavy (non-hydrogen) atoms. The lowest BCUT2D eigenvalue weighted by atomic mass is 10.5. The van der Waals surface area contributed by atoms with Crippen LogP contribution >= 0.6 is 22.3 Å². The lowest BCUT2D eigenvalue weighted by Gasteiger charge is -1.90. The van der Waals surface area contributed by atoms with E-state index in [1.54, 1.807) is 6.07 Å². The second-order valence-corrected chi connectivity index (χ2v) is 3.69. The zero-order valence-electron chi connectivity index (χ0n) is 4.75.